The van der Waals surface area contributed by atoms with Crippen LogP contribution in [0.25, 0.3) is 0 Å². The number of hydrogen-bond acceptors (Lipinski definition) is 6. The normalized spacial score (nSPS) is 12.4. The third kappa shape index (κ3) is 4.76. The van der Waals surface area contributed by atoms with Crippen LogP contribution in [0.2, 0.25) is 10.0 Å². The molecule has 0 spiro atoms. The van der Waals surface area contributed by atoms with Gasteiger partial charge in [-0.2, -0.15) is 0 Å². The van der Waals surface area contributed by atoms with Gasteiger partial charge in [-0.05, 0) is 43.0 Å². The van der Waals surface area contributed by atoms with E-state index in [-0.39, 0.29) is 10.8 Å². The highest BCUT2D eigenvalue weighted by atomic mass is 35.5. The average molecular weight is 443 g/mol. The number of hydrogen-bond donors (Lipinski definition) is 2. The molecule has 7 nitrogen and oxygen atoms in total. The highest BCUT2D eigenvalue weighted by Crippen LogP contribution is 2.38. The lowest BCUT2D eigenvalue weighted by Crippen LogP contribution is -2.24. The molecule has 1 heterocycles. The van der Waals surface area contributed by atoms with Crippen molar-refractivity contribution in [3.63, 3.8) is 0 Å². The quantitative estimate of drug-likeness (QED) is 0.639. The van der Waals surface area contributed by atoms with Crippen LogP contribution in [0.1, 0.15) is 27.2 Å². The second-order valence-corrected chi connectivity index (χ2v) is 7.95. The fourth-order valence-corrected chi connectivity index (χ4v) is 4.61. The van der Waals surface area contributed by atoms with E-state index >= 15 is 0 Å². The van der Waals surface area contributed by atoms with Crippen molar-refractivity contribution in [2.24, 2.45) is 5.73 Å². The van der Waals surface area contributed by atoms with Crippen molar-refractivity contribution in [1.29, 1.82) is 0 Å². The van der Waals surface area contributed by atoms with Gasteiger partial charge >= 0.3 is 5.97 Å². The summed E-state index contributed by atoms with van der Waals surface area (Å²) in [6.45, 7) is -0.939. The average Bonchev–Trinajstić information content (AvgIpc) is 3.19. The maximum atomic E-state index is 12.1. The first-order valence-corrected chi connectivity index (χ1v) is 9.90. The first-order chi connectivity index (χ1) is 13.3. The number of halogens is 2. The molecule has 2 amide bonds. The van der Waals surface area contributed by atoms with E-state index in [0.717, 1.165) is 29.7 Å². The summed E-state index contributed by atoms with van der Waals surface area (Å²) in [5, 5.41) is 3.67. The second-order valence-electron chi connectivity index (χ2n) is 6.00. The van der Waals surface area contributed by atoms with Gasteiger partial charge in [0.05, 0.1) is 10.6 Å². The Labute approximate surface area is 174 Å². The SMILES string of the molecule is NC(=O)c1c(NC(=O)COC(=O)COc2ccc(Cl)cc2Cl)sc2c1CCC2. The van der Waals surface area contributed by atoms with E-state index in [9.17, 15) is 14.4 Å². The minimum absolute atomic E-state index is 0.253. The van der Waals surface area contributed by atoms with Crippen molar-refractivity contribution < 1.29 is 23.9 Å². The fourth-order valence-electron chi connectivity index (χ4n) is 2.83. The van der Waals surface area contributed by atoms with Crippen LogP contribution < -0.4 is 15.8 Å². The topological polar surface area (TPSA) is 108 Å². The van der Waals surface area contributed by atoms with E-state index in [1.54, 1.807) is 6.07 Å². The number of carbonyl (C=O) groups is 3. The van der Waals surface area contributed by atoms with Gasteiger partial charge in [-0.15, -0.1) is 11.3 Å². The zero-order valence-electron chi connectivity index (χ0n) is 14.6. The molecule has 1 aliphatic rings. The third-order valence-corrected chi connectivity index (χ3v) is 5.76. The van der Waals surface area contributed by atoms with Gasteiger partial charge in [0, 0.05) is 9.90 Å². The number of nitrogens with two attached hydrogens (primary N) is 1. The maximum Gasteiger partial charge on any atom is 0.344 e. The lowest BCUT2D eigenvalue weighted by atomic mass is 10.1. The molecule has 0 unspecified atom stereocenters. The highest BCUT2D eigenvalue weighted by Gasteiger charge is 2.26. The zero-order chi connectivity index (χ0) is 20.3. The summed E-state index contributed by atoms with van der Waals surface area (Å²) in [5.41, 5.74) is 6.69. The molecule has 0 radical (unpaired) electrons. The molecule has 0 saturated carbocycles. The van der Waals surface area contributed by atoms with Gasteiger partial charge in [-0.1, -0.05) is 23.2 Å². The van der Waals surface area contributed by atoms with Crippen LogP contribution in [0, 0.1) is 0 Å². The Kier molecular flexibility index (Phi) is 6.43. The van der Waals surface area contributed by atoms with Crippen molar-refractivity contribution in [3.05, 3.63) is 44.2 Å². The Hall–Kier alpha value is -2.29. The zero-order valence-corrected chi connectivity index (χ0v) is 16.9. The summed E-state index contributed by atoms with van der Waals surface area (Å²) in [6, 6.07) is 4.56. The van der Waals surface area contributed by atoms with Gasteiger partial charge in [-0.25, -0.2) is 4.79 Å². The number of esters is 1. The second kappa shape index (κ2) is 8.81. The van der Waals surface area contributed by atoms with Crippen LogP contribution >= 0.6 is 34.5 Å². The van der Waals surface area contributed by atoms with E-state index in [1.807, 2.05) is 0 Å². The first-order valence-electron chi connectivity index (χ1n) is 8.33. The van der Waals surface area contributed by atoms with E-state index < -0.39 is 31.0 Å². The summed E-state index contributed by atoms with van der Waals surface area (Å²) in [6.07, 6.45) is 2.58. The fraction of sp³-hybridized carbons (Fsp3) is 0.278. The number of anilines is 1. The predicted molar refractivity (Wildman–Crippen MR) is 106 cm³/mol. The van der Waals surface area contributed by atoms with Crippen LogP contribution in [0.15, 0.2) is 18.2 Å². The number of ether oxygens (including phenoxy) is 2. The van der Waals surface area contributed by atoms with Crippen molar-refractivity contribution in [1.82, 2.24) is 0 Å². The number of aryl methyl sites for hydroxylation is 1. The van der Waals surface area contributed by atoms with Crippen molar-refractivity contribution >= 4 is 57.3 Å². The summed E-state index contributed by atoms with van der Waals surface area (Å²) in [5.74, 6) is -1.63. The third-order valence-electron chi connectivity index (χ3n) is 4.02. The number of carbonyl (C=O) groups excluding carboxylic acids is 3. The van der Waals surface area contributed by atoms with Crippen LogP contribution in [0.5, 0.6) is 5.75 Å². The standard InChI is InChI=1S/C18H16Cl2N2O5S/c19-9-4-5-12(11(20)6-9)26-8-15(24)27-7-14(23)22-18-16(17(21)25)10-2-1-3-13(10)28-18/h4-6H,1-3,7-8H2,(H2,21,25)(H,22,23). The molecule has 0 aliphatic heterocycles. The van der Waals surface area contributed by atoms with Crippen LogP contribution in [-0.4, -0.2) is 31.0 Å². The molecule has 0 bridgehead atoms. The summed E-state index contributed by atoms with van der Waals surface area (Å²) in [4.78, 5) is 36.6. The Morgan fingerprint density at radius 1 is 1.18 bits per heavy atom. The lowest BCUT2D eigenvalue weighted by molar-refractivity contribution is -0.149. The Morgan fingerprint density at radius 2 is 1.96 bits per heavy atom. The van der Waals surface area contributed by atoms with E-state index in [1.165, 1.54) is 23.5 Å². The predicted octanol–water partition coefficient (Wildman–Crippen LogP) is 3.20. The monoisotopic (exact) mass is 442 g/mol. The van der Waals surface area contributed by atoms with E-state index in [4.69, 9.17) is 38.4 Å². The van der Waals surface area contributed by atoms with Gasteiger partial charge in [0.2, 0.25) is 0 Å². The molecule has 3 N–H and O–H groups in total. The molecule has 1 aromatic carbocycles. The number of benzene rings is 1. The highest BCUT2D eigenvalue weighted by molar-refractivity contribution is 7.17. The minimum atomic E-state index is -0.745. The van der Waals surface area contributed by atoms with Gasteiger partial charge in [-0.3, -0.25) is 9.59 Å². The molecule has 0 atom stereocenters. The molecule has 0 fully saturated rings. The Bertz CT molecular complexity index is 944. The molecule has 1 aromatic heterocycles. The van der Waals surface area contributed by atoms with Crippen molar-refractivity contribution in [2.45, 2.75) is 19.3 Å². The number of thiophene rings is 1. The molecule has 2 aromatic rings. The van der Waals surface area contributed by atoms with Crippen LogP contribution in [-0.2, 0) is 27.2 Å². The van der Waals surface area contributed by atoms with Crippen LogP contribution in [0.4, 0.5) is 5.00 Å². The largest absolute Gasteiger partial charge is 0.480 e. The minimum Gasteiger partial charge on any atom is -0.480 e. The van der Waals surface area contributed by atoms with Gasteiger partial charge in [0.15, 0.2) is 13.2 Å². The number of rotatable bonds is 7. The number of fused-ring (bicyclic) bond motifs is 1. The van der Waals surface area contributed by atoms with Crippen LogP contribution in [0.3, 0.4) is 0 Å². The summed E-state index contributed by atoms with van der Waals surface area (Å²) >= 11 is 13.0. The molecule has 0 saturated heterocycles. The van der Waals surface area contributed by atoms with E-state index in [0.29, 0.717) is 15.6 Å². The summed E-state index contributed by atoms with van der Waals surface area (Å²) < 4.78 is 10.1. The molecular weight excluding hydrogens is 427 g/mol. The van der Waals surface area contributed by atoms with Crippen molar-refractivity contribution in [3.8, 4) is 5.75 Å². The lowest BCUT2D eigenvalue weighted by Gasteiger charge is -2.09. The Balaban J connectivity index is 1.51. The Morgan fingerprint density at radius 3 is 2.68 bits per heavy atom. The molecule has 148 valence electrons. The molecule has 10 heteroatoms. The summed E-state index contributed by atoms with van der Waals surface area (Å²) in [7, 11) is 0. The van der Waals surface area contributed by atoms with Gasteiger partial charge < -0.3 is 20.5 Å². The van der Waals surface area contributed by atoms with Gasteiger partial charge in [0.25, 0.3) is 11.8 Å². The smallest absolute Gasteiger partial charge is 0.344 e. The van der Waals surface area contributed by atoms with Crippen molar-refractivity contribution in [2.75, 3.05) is 18.5 Å². The number of primary amides is 1. The number of amides is 2. The number of nitrogens with one attached hydrogen (secondary N) is 1. The molecule has 1 aliphatic carbocycles. The van der Waals surface area contributed by atoms with Gasteiger partial charge in [0.1, 0.15) is 10.8 Å². The first kappa shape index (κ1) is 20.4. The molecular formula is C18H16Cl2N2O5S. The molecule has 3 rings (SSSR count). The van der Waals surface area contributed by atoms with E-state index in [2.05, 4.69) is 5.32 Å². The maximum absolute atomic E-state index is 12.1. The molecule has 28 heavy (non-hydrogen) atoms.